The maximum Gasteiger partial charge on any atom is 0.154 e. The number of anilines is 1. The Balaban J connectivity index is 2.14. The summed E-state index contributed by atoms with van der Waals surface area (Å²) in [6.07, 6.45) is 0. The van der Waals surface area contributed by atoms with Crippen LogP contribution < -0.4 is 5.32 Å². The molecule has 3 aromatic rings. The van der Waals surface area contributed by atoms with Crippen LogP contribution in [0.2, 0.25) is 0 Å². The van der Waals surface area contributed by atoms with E-state index in [1.54, 1.807) is 0 Å². The van der Waals surface area contributed by atoms with Crippen molar-refractivity contribution in [2.45, 2.75) is 26.7 Å². The number of nitrogens with one attached hydrogen (secondary N) is 1. The quantitative estimate of drug-likeness (QED) is 0.774. The van der Waals surface area contributed by atoms with Gasteiger partial charge in [0.2, 0.25) is 0 Å². The molecule has 2 aromatic heterocycles. The van der Waals surface area contributed by atoms with E-state index in [0.29, 0.717) is 0 Å². The van der Waals surface area contributed by atoms with Gasteiger partial charge in [-0.25, -0.2) is 9.97 Å². The number of hydrogen-bond donors (Lipinski definition) is 1. The minimum atomic E-state index is 0.267. The maximum absolute atomic E-state index is 5.93. The second kappa shape index (κ2) is 5.20. The third-order valence-corrected chi connectivity index (χ3v) is 3.44. The van der Waals surface area contributed by atoms with Crippen LogP contribution in [0, 0.1) is 6.92 Å². The molecular weight excluding hydrogens is 262 g/mol. The van der Waals surface area contributed by atoms with Gasteiger partial charge in [-0.3, -0.25) is 0 Å². The first-order valence-electron chi connectivity index (χ1n) is 7.14. The number of nitrogens with zero attached hydrogens (tertiary/aromatic N) is 2. The highest BCUT2D eigenvalue weighted by molar-refractivity contribution is 5.83. The molecule has 0 fully saturated rings. The average Bonchev–Trinajstić information content (AvgIpc) is 2.89. The van der Waals surface area contributed by atoms with Gasteiger partial charge in [0.15, 0.2) is 5.76 Å². The number of aromatic nitrogens is 2. The van der Waals surface area contributed by atoms with Crippen molar-refractivity contribution in [1.82, 2.24) is 9.97 Å². The molecular formula is C17H19N3O. The van der Waals surface area contributed by atoms with E-state index in [1.807, 2.05) is 31.3 Å². The summed E-state index contributed by atoms with van der Waals surface area (Å²) in [5.41, 5.74) is 2.91. The van der Waals surface area contributed by atoms with E-state index in [9.17, 15) is 0 Å². The molecule has 0 unspecified atom stereocenters. The highest BCUT2D eigenvalue weighted by Crippen LogP contribution is 2.29. The Morgan fingerprint density at radius 1 is 1.10 bits per heavy atom. The molecule has 0 amide bonds. The Kier molecular flexibility index (Phi) is 3.37. The van der Waals surface area contributed by atoms with E-state index in [0.717, 1.165) is 34.1 Å². The van der Waals surface area contributed by atoms with Crippen molar-refractivity contribution in [2.24, 2.45) is 0 Å². The highest BCUT2D eigenvalue weighted by atomic mass is 16.3. The third kappa shape index (κ3) is 2.61. The van der Waals surface area contributed by atoms with Crippen LogP contribution in [-0.2, 0) is 0 Å². The number of hydrogen-bond acceptors (Lipinski definition) is 4. The van der Waals surface area contributed by atoms with E-state index in [1.165, 1.54) is 5.56 Å². The van der Waals surface area contributed by atoms with Crippen LogP contribution in [0.1, 0.15) is 31.2 Å². The lowest BCUT2D eigenvalue weighted by Gasteiger charge is -2.08. The van der Waals surface area contributed by atoms with Crippen molar-refractivity contribution < 1.29 is 4.42 Å². The van der Waals surface area contributed by atoms with Crippen molar-refractivity contribution in [2.75, 3.05) is 12.4 Å². The third-order valence-electron chi connectivity index (χ3n) is 3.44. The van der Waals surface area contributed by atoms with E-state index >= 15 is 0 Å². The van der Waals surface area contributed by atoms with Gasteiger partial charge in [0.1, 0.15) is 22.9 Å². The van der Waals surface area contributed by atoms with Crippen LogP contribution in [0.15, 0.2) is 34.7 Å². The fraction of sp³-hybridized carbons (Fsp3) is 0.294. The van der Waals surface area contributed by atoms with E-state index < -0.39 is 0 Å². The number of fused-ring (bicyclic) bond motifs is 1. The van der Waals surface area contributed by atoms with E-state index in [2.05, 4.69) is 42.1 Å². The molecule has 3 rings (SSSR count). The molecule has 108 valence electrons. The predicted octanol–water partition coefficient (Wildman–Crippen LogP) is 4.36. The van der Waals surface area contributed by atoms with Crippen molar-refractivity contribution in [3.8, 4) is 11.5 Å². The molecule has 0 aliphatic rings. The maximum atomic E-state index is 5.93. The summed E-state index contributed by atoms with van der Waals surface area (Å²) < 4.78 is 5.93. The van der Waals surface area contributed by atoms with Gasteiger partial charge < -0.3 is 9.73 Å². The SMILES string of the molecule is CNc1cc(-c2cc3cc(C)ccc3o2)nc(C(C)C)n1. The van der Waals surface area contributed by atoms with Crippen molar-refractivity contribution in [3.63, 3.8) is 0 Å². The summed E-state index contributed by atoms with van der Waals surface area (Å²) >= 11 is 0. The molecule has 0 aliphatic heterocycles. The van der Waals surface area contributed by atoms with Gasteiger partial charge in [-0.15, -0.1) is 0 Å². The van der Waals surface area contributed by atoms with E-state index in [-0.39, 0.29) is 5.92 Å². The Morgan fingerprint density at radius 3 is 2.62 bits per heavy atom. The van der Waals surface area contributed by atoms with Crippen LogP contribution in [0.4, 0.5) is 5.82 Å². The van der Waals surface area contributed by atoms with Gasteiger partial charge in [-0.05, 0) is 25.1 Å². The highest BCUT2D eigenvalue weighted by Gasteiger charge is 2.12. The minimum Gasteiger partial charge on any atom is -0.454 e. The lowest BCUT2D eigenvalue weighted by molar-refractivity contribution is 0.626. The first-order valence-corrected chi connectivity index (χ1v) is 7.14. The molecule has 0 atom stereocenters. The summed E-state index contributed by atoms with van der Waals surface area (Å²) in [6.45, 7) is 6.24. The van der Waals surface area contributed by atoms with Gasteiger partial charge in [0, 0.05) is 24.4 Å². The zero-order valence-electron chi connectivity index (χ0n) is 12.8. The zero-order chi connectivity index (χ0) is 15.0. The first-order chi connectivity index (χ1) is 10.1. The number of benzene rings is 1. The largest absolute Gasteiger partial charge is 0.454 e. The smallest absolute Gasteiger partial charge is 0.154 e. The normalized spacial score (nSPS) is 11.3. The van der Waals surface area contributed by atoms with Crippen LogP contribution in [0.25, 0.3) is 22.4 Å². The minimum absolute atomic E-state index is 0.267. The molecule has 0 saturated heterocycles. The van der Waals surface area contributed by atoms with Gasteiger partial charge in [-0.1, -0.05) is 25.5 Å². The van der Waals surface area contributed by atoms with Gasteiger partial charge in [0.05, 0.1) is 0 Å². The van der Waals surface area contributed by atoms with Gasteiger partial charge >= 0.3 is 0 Å². The fourth-order valence-electron chi connectivity index (χ4n) is 2.27. The molecule has 0 spiro atoms. The lowest BCUT2D eigenvalue weighted by atomic mass is 10.1. The lowest BCUT2D eigenvalue weighted by Crippen LogP contribution is -2.02. The monoisotopic (exact) mass is 281 g/mol. The van der Waals surface area contributed by atoms with Crippen LogP contribution in [0.3, 0.4) is 0 Å². The Hall–Kier alpha value is -2.36. The molecule has 4 nitrogen and oxygen atoms in total. The second-order valence-corrected chi connectivity index (χ2v) is 5.55. The Bertz CT molecular complexity index is 790. The van der Waals surface area contributed by atoms with Crippen LogP contribution in [0.5, 0.6) is 0 Å². The average molecular weight is 281 g/mol. The number of aryl methyl sites for hydroxylation is 1. The molecule has 0 aliphatic carbocycles. The molecule has 2 heterocycles. The van der Waals surface area contributed by atoms with Crippen molar-refractivity contribution in [3.05, 3.63) is 41.7 Å². The predicted molar refractivity (Wildman–Crippen MR) is 85.6 cm³/mol. The summed E-state index contributed by atoms with van der Waals surface area (Å²) in [5.74, 6) is 2.66. The summed E-state index contributed by atoms with van der Waals surface area (Å²) in [4.78, 5) is 9.10. The molecule has 21 heavy (non-hydrogen) atoms. The number of rotatable bonds is 3. The number of furan rings is 1. The molecule has 0 radical (unpaired) electrons. The molecule has 1 aromatic carbocycles. The fourth-order valence-corrected chi connectivity index (χ4v) is 2.27. The Morgan fingerprint density at radius 2 is 1.90 bits per heavy atom. The Labute approximate surface area is 124 Å². The van der Waals surface area contributed by atoms with Gasteiger partial charge in [0.25, 0.3) is 0 Å². The summed E-state index contributed by atoms with van der Waals surface area (Å²) in [7, 11) is 1.86. The van der Waals surface area contributed by atoms with Crippen LogP contribution in [-0.4, -0.2) is 17.0 Å². The van der Waals surface area contributed by atoms with Crippen molar-refractivity contribution in [1.29, 1.82) is 0 Å². The van der Waals surface area contributed by atoms with E-state index in [4.69, 9.17) is 4.42 Å². The van der Waals surface area contributed by atoms with Crippen LogP contribution >= 0.6 is 0 Å². The topological polar surface area (TPSA) is 51.0 Å². The molecule has 1 N–H and O–H groups in total. The molecule has 4 heteroatoms. The standard InChI is InChI=1S/C17H19N3O/c1-10(2)17-19-13(9-16(18-4)20-17)15-8-12-7-11(3)5-6-14(12)21-15/h5-10H,1-4H3,(H,18,19,20). The molecule has 0 bridgehead atoms. The summed E-state index contributed by atoms with van der Waals surface area (Å²) in [5, 5.41) is 4.18. The first kappa shape index (κ1) is 13.6. The second-order valence-electron chi connectivity index (χ2n) is 5.55. The van der Waals surface area contributed by atoms with Crippen molar-refractivity contribution >= 4 is 16.8 Å². The zero-order valence-corrected chi connectivity index (χ0v) is 12.8. The summed E-state index contributed by atoms with van der Waals surface area (Å²) in [6, 6.07) is 10.1. The van der Waals surface area contributed by atoms with Gasteiger partial charge in [-0.2, -0.15) is 0 Å². The molecule has 0 saturated carbocycles.